The molecule has 2 fully saturated rings. The first-order valence-electron chi connectivity index (χ1n) is 7.84. The fourth-order valence-electron chi connectivity index (χ4n) is 3.73. The first-order chi connectivity index (χ1) is 9.81. The lowest BCUT2D eigenvalue weighted by atomic mass is 9.95. The highest BCUT2D eigenvalue weighted by molar-refractivity contribution is 5.13. The molecule has 3 rings (SSSR count). The predicted molar refractivity (Wildman–Crippen MR) is 79.3 cm³/mol. The predicted octanol–water partition coefficient (Wildman–Crippen LogP) is 2.34. The van der Waals surface area contributed by atoms with Crippen LogP contribution in [0.5, 0.6) is 0 Å². The number of rotatable bonds is 7. The summed E-state index contributed by atoms with van der Waals surface area (Å²) < 4.78 is 5.57. The maximum atomic E-state index is 9.97. The number of aliphatic hydroxyl groups excluding tert-OH is 1. The van der Waals surface area contributed by atoms with E-state index in [1.807, 2.05) is 30.3 Å². The zero-order chi connectivity index (χ0) is 13.8. The maximum absolute atomic E-state index is 9.97. The summed E-state index contributed by atoms with van der Waals surface area (Å²) in [5.41, 5.74) is 1.15. The smallest absolute Gasteiger partial charge is 0.0897 e. The van der Waals surface area contributed by atoms with Crippen LogP contribution in [0.3, 0.4) is 0 Å². The molecule has 2 aliphatic rings. The van der Waals surface area contributed by atoms with Crippen LogP contribution in [-0.4, -0.2) is 30.4 Å². The Balaban J connectivity index is 1.31. The quantitative estimate of drug-likeness (QED) is 0.802. The molecule has 4 unspecified atom stereocenters. The Hall–Kier alpha value is -0.900. The lowest BCUT2D eigenvalue weighted by Crippen LogP contribution is -2.40. The average Bonchev–Trinajstić information content (AvgIpc) is 3.09. The van der Waals surface area contributed by atoms with Crippen LogP contribution in [0.4, 0.5) is 0 Å². The summed E-state index contributed by atoms with van der Waals surface area (Å²) in [7, 11) is 0. The molecule has 0 aromatic heterocycles. The van der Waals surface area contributed by atoms with Crippen LogP contribution in [0.2, 0.25) is 0 Å². The van der Waals surface area contributed by atoms with Gasteiger partial charge in [0, 0.05) is 12.6 Å². The molecule has 2 N–H and O–H groups in total. The van der Waals surface area contributed by atoms with Gasteiger partial charge in [-0.3, -0.25) is 0 Å². The number of hydrogen-bond acceptors (Lipinski definition) is 3. The minimum absolute atomic E-state index is 0.405. The molecule has 0 spiro atoms. The maximum Gasteiger partial charge on any atom is 0.0897 e. The summed E-state index contributed by atoms with van der Waals surface area (Å²) >= 11 is 0. The minimum atomic E-state index is -0.405. The van der Waals surface area contributed by atoms with Gasteiger partial charge in [0.15, 0.2) is 0 Å². The van der Waals surface area contributed by atoms with Gasteiger partial charge in [-0.2, -0.15) is 0 Å². The molecule has 0 saturated heterocycles. The number of ether oxygens (including phenoxy) is 1. The zero-order valence-corrected chi connectivity index (χ0v) is 12.0. The topological polar surface area (TPSA) is 41.5 Å². The highest BCUT2D eigenvalue weighted by atomic mass is 16.5. The van der Waals surface area contributed by atoms with Crippen molar-refractivity contribution in [3.8, 4) is 0 Å². The molecule has 0 aliphatic heterocycles. The van der Waals surface area contributed by atoms with E-state index in [2.05, 4.69) is 5.32 Å². The van der Waals surface area contributed by atoms with Crippen LogP contribution >= 0.6 is 0 Å². The number of fused-ring (bicyclic) bond motifs is 2. The summed E-state index contributed by atoms with van der Waals surface area (Å²) in [6.45, 7) is 1.64. The van der Waals surface area contributed by atoms with Crippen LogP contribution in [0.1, 0.15) is 31.2 Å². The summed E-state index contributed by atoms with van der Waals surface area (Å²) in [5, 5.41) is 13.5. The van der Waals surface area contributed by atoms with Crippen molar-refractivity contribution in [2.45, 2.75) is 44.4 Å². The third-order valence-corrected chi connectivity index (χ3v) is 4.78. The molecule has 0 radical (unpaired) electrons. The van der Waals surface area contributed by atoms with E-state index in [-0.39, 0.29) is 0 Å². The molecular formula is C17H25NO2. The Labute approximate surface area is 121 Å². The SMILES string of the molecule is OC(CNC1CC2CCC1C2)COCc1ccccc1. The van der Waals surface area contributed by atoms with Crippen LogP contribution in [-0.2, 0) is 11.3 Å². The average molecular weight is 275 g/mol. The normalized spacial score (nSPS) is 29.8. The zero-order valence-electron chi connectivity index (χ0n) is 12.0. The van der Waals surface area contributed by atoms with Gasteiger partial charge in [0.25, 0.3) is 0 Å². The van der Waals surface area contributed by atoms with E-state index < -0.39 is 6.10 Å². The van der Waals surface area contributed by atoms with Gasteiger partial charge >= 0.3 is 0 Å². The largest absolute Gasteiger partial charge is 0.389 e. The van der Waals surface area contributed by atoms with Gasteiger partial charge < -0.3 is 15.2 Å². The van der Waals surface area contributed by atoms with E-state index in [1.165, 1.54) is 25.7 Å². The van der Waals surface area contributed by atoms with Gasteiger partial charge in [0.05, 0.1) is 19.3 Å². The number of hydrogen-bond donors (Lipinski definition) is 2. The molecule has 3 nitrogen and oxygen atoms in total. The second-order valence-electron chi connectivity index (χ2n) is 6.34. The molecule has 2 bridgehead atoms. The Morgan fingerprint density at radius 1 is 1.20 bits per heavy atom. The standard InChI is InChI=1S/C17H25NO2/c19-16(12-20-11-13-4-2-1-3-5-13)10-18-17-9-14-6-7-15(17)8-14/h1-5,14-19H,6-12H2. The van der Waals surface area contributed by atoms with Crippen molar-refractivity contribution < 1.29 is 9.84 Å². The Kier molecular flexibility index (Phi) is 4.71. The lowest BCUT2D eigenvalue weighted by molar-refractivity contribution is 0.0267. The number of benzene rings is 1. The lowest BCUT2D eigenvalue weighted by Gasteiger charge is -2.24. The number of aliphatic hydroxyl groups is 1. The van der Waals surface area contributed by atoms with E-state index in [0.29, 0.717) is 25.8 Å². The Morgan fingerprint density at radius 2 is 2.05 bits per heavy atom. The van der Waals surface area contributed by atoms with Crippen molar-refractivity contribution >= 4 is 0 Å². The second kappa shape index (κ2) is 6.70. The van der Waals surface area contributed by atoms with Crippen molar-refractivity contribution in [1.82, 2.24) is 5.32 Å². The van der Waals surface area contributed by atoms with Gasteiger partial charge in [-0.15, -0.1) is 0 Å². The molecule has 4 atom stereocenters. The van der Waals surface area contributed by atoms with Crippen LogP contribution in [0, 0.1) is 11.8 Å². The van der Waals surface area contributed by atoms with E-state index >= 15 is 0 Å². The summed E-state index contributed by atoms with van der Waals surface area (Å²) in [6.07, 6.45) is 5.10. The summed E-state index contributed by atoms with van der Waals surface area (Å²) in [5.74, 6) is 1.81. The third kappa shape index (κ3) is 3.60. The fourth-order valence-corrected chi connectivity index (χ4v) is 3.73. The molecule has 0 heterocycles. The molecule has 1 aromatic carbocycles. The van der Waals surface area contributed by atoms with Crippen molar-refractivity contribution in [2.75, 3.05) is 13.2 Å². The minimum Gasteiger partial charge on any atom is -0.389 e. The summed E-state index contributed by atoms with van der Waals surface area (Å²) in [4.78, 5) is 0. The van der Waals surface area contributed by atoms with Crippen molar-refractivity contribution in [3.05, 3.63) is 35.9 Å². The molecule has 2 saturated carbocycles. The molecule has 1 aromatic rings. The molecule has 20 heavy (non-hydrogen) atoms. The molecule has 2 aliphatic carbocycles. The first kappa shape index (κ1) is 14.1. The van der Waals surface area contributed by atoms with Gasteiger partial charge in [-0.1, -0.05) is 36.8 Å². The van der Waals surface area contributed by atoms with Crippen LogP contribution < -0.4 is 5.32 Å². The third-order valence-electron chi connectivity index (χ3n) is 4.78. The monoisotopic (exact) mass is 275 g/mol. The van der Waals surface area contributed by atoms with Gasteiger partial charge in [-0.05, 0) is 36.7 Å². The van der Waals surface area contributed by atoms with E-state index in [4.69, 9.17) is 4.74 Å². The molecule has 0 amide bonds. The molecule has 110 valence electrons. The van der Waals surface area contributed by atoms with Gasteiger partial charge in [0.1, 0.15) is 0 Å². The molecular weight excluding hydrogens is 250 g/mol. The first-order valence-corrected chi connectivity index (χ1v) is 7.84. The van der Waals surface area contributed by atoms with Crippen molar-refractivity contribution in [2.24, 2.45) is 11.8 Å². The number of nitrogens with one attached hydrogen (secondary N) is 1. The highest BCUT2D eigenvalue weighted by Gasteiger charge is 2.39. The van der Waals surface area contributed by atoms with E-state index in [0.717, 1.165) is 17.4 Å². The van der Waals surface area contributed by atoms with E-state index in [1.54, 1.807) is 0 Å². The second-order valence-corrected chi connectivity index (χ2v) is 6.34. The highest BCUT2D eigenvalue weighted by Crippen LogP contribution is 2.44. The molecule has 3 heteroatoms. The van der Waals surface area contributed by atoms with Crippen LogP contribution in [0.15, 0.2) is 30.3 Å². The van der Waals surface area contributed by atoms with Crippen LogP contribution in [0.25, 0.3) is 0 Å². The summed E-state index contributed by atoms with van der Waals surface area (Å²) in [6, 6.07) is 10.7. The van der Waals surface area contributed by atoms with Gasteiger partial charge in [-0.25, -0.2) is 0 Å². The van der Waals surface area contributed by atoms with Gasteiger partial charge in [0.2, 0.25) is 0 Å². The Bertz CT molecular complexity index is 409. The van der Waals surface area contributed by atoms with Crippen molar-refractivity contribution in [3.63, 3.8) is 0 Å². The fraction of sp³-hybridized carbons (Fsp3) is 0.647. The Morgan fingerprint density at radius 3 is 2.75 bits per heavy atom. The van der Waals surface area contributed by atoms with E-state index in [9.17, 15) is 5.11 Å². The van der Waals surface area contributed by atoms with Crippen molar-refractivity contribution in [1.29, 1.82) is 0 Å².